The normalized spacial score (nSPS) is 14.9. The van der Waals surface area contributed by atoms with Gasteiger partial charge in [-0.1, -0.05) is 38.8 Å². The van der Waals surface area contributed by atoms with Gasteiger partial charge in [0, 0.05) is 0 Å². The Hall–Kier alpha value is -0.470. The molecule has 1 atom stereocenters. The monoisotopic (exact) mass is 236 g/mol. The fraction of sp³-hybridized carbons (Fsp3) is 0.846. The first-order valence-corrected chi connectivity index (χ1v) is 5.88. The van der Waals surface area contributed by atoms with E-state index in [4.69, 9.17) is 0 Å². The lowest BCUT2D eigenvalue weighted by atomic mass is 9.81. The van der Waals surface area contributed by atoms with E-state index in [9.17, 15) is 13.2 Å². The van der Waals surface area contributed by atoms with E-state index in [0.717, 1.165) is 19.3 Å². The SMILES string of the molecule is C=C(CCCC(C)CC)C(C)(C)C(F)(F)F. The van der Waals surface area contributed by atoms with Crippen molar-refractivity contribution in [2.24, 2.45) is 11.3 Å². The summed E-state index contributed by atoms with van der Waals surface area (Å²) in [5.74, 6) is 0.585. The van der Waals surface area contributed by atoms with Gasteiger partial charge in [0.05, 0.1) is 5.41 Å². The number of alkyl halides is 3. The topological polar surface area (TPSA) is 0 Å². The van der Waals surface area contributed by atoms with E-state index in [1.807, 2.05) is 0 Å². The standard InChI is InChI=1S/C13H23F3/c1-6-10(2)8-7-9-11(3)12(4,5)13(14,15)16/h10H,3,6-9H2,1-2,4-5H3. The summed E-state index contributed by atoms with van der Waals surface area (Å²) >= 11 is 0. The maximum atomic E-state index is 12.7. The Bertz CT molecular complexity index is 226. The Morgan fingerprint density at radius 2 is 1.75 bits per heavy atom. The molecule has 0 saturated heterocycles. The van der Waals surface area contributed by atoms with Crippen molar-refractivity contribution in [1.29, 1.82) is 0 Å². The van der Waals surface area contributed by atoms with Crippen LogP contribution in [0.3, 0.4) is 0 Å². The lowest BCUT2D eigenvalue weighted by molar-refractivity contribution is -0.198. The van der Waals surface area contributed by atoms with Gasteiger partial charge in [-0.05, 0) is 32.6 Å². The minimum atomic E-state index is -4.19. The molecule has 0 spiro atoms. The molecule has 0 aliphatic heterocycles. The molecule has 16 heavy (non-hydrogen) atoms. The van der Waals surface area contributed by atoms with Crippen molar-refractivity contribution in [2.75, 3.05) is 0 Å². The first-order valence-electron chi connectivity index (χ1n) is 5.88. The Morgan fingerprint density at radius 3 is 2.12 bits per heavy atom. The molecule has 0 saturated carbocycles. The van der Waals surface area contributed by atoms with Gasteiger partial charge in [0.1, 0.15) is 0 Å². The highest BCUT2D eigenvalue weighted by Crippen LogP contribution is 2.44. The first-order chi connectivity index (χ1) is 7.13. The molecule has 0 aromatic carbocycles. The zero-order valence-electron chi connectivity index (χ0n) is 10.7. The number of hydrogen-bond acceptors (Lipinski definition) is 0. The molecule has 0 amide bonds. The van der Waals surface area contributed by atoms with E-state index in [0.29, 0.717) is 17.9 Å². The molecule has 0 radical (unpaired) electrons. The van der Waals surface area contributed by atoms with Crippen molar-refractivity contribution in [3.8, 4) is 0 Å². The Morgan fingerprint density at radius 1 is 1.25 bits per heavy atom. The van der Waals surface area contributed by atoms with E-state index in [2.05, 4.69) is 20.4 Å². The zero-order valence-corrected chi connectivity index (χ0v) is 10.7. The van der Waals surface area contributed by atoms with Crippen LogP contribution in [0.25, 0.3) is 0 Å². The second kappa shape index (κ2) is 5.74. The van der Waals surface area contributed by atoms with E-state index in [1.54, 1.807) is 0 Å². The summed E-state index contributed by atoms with van der Waals surface area (Å²) in [6, 6.07) is 0. The summed E-state index contributed by atoms with van der Waals surface area (Å²) in [5.41, 5.74) is -1.47. The average Bonchev–Trinajstić information content (AvgIpc) is 2.15. The van der Waals surface area contributed by atoms with Crippen molar-refractivity contribution < 1.29 is 13.2 Å². The van der Waals surface area contributed by atoms with Gasteiger partial charge in [0.2, 0.25) is 0 Å². The van der Waals surface area contributed by atoms with Gasteiger partial charge in [0.25, 0.3) is 0 Å². The van der Waals surface area contributed by atoms with Crippen LogP contribution in [0.4, 0.5) is 13.2 Å². The summed E-state index contributed by atoms with van der Waals surface area (Å²) in [5, 5.41) is 0. The zero-order chi connectivity index (χ0) is 13.0. The second-order valence-corrected chi connectivity index (χ2v) is 5.13. The summed E-state index contributed by atoms with van der Waals surface area (Å²) in [7, 11) is 0. The molecule has 0 N–H and O–H groups in total. The fourth-order valence-corrected chi connectivity index (χ4v) is 1.38. The second-order valence-electron chi connectivity index (χ2n) is 5.13. The lowest BCUT2D eigenvalue weighted by Crippen LogP contribution is -2.33. The van der Waals surface area contributed by atoms with Gasteiger partial charge in [-0.15, -0.1) is 0 Å². The maximum absolute atomic E-state index is 12.7. The van der Waals surface area contributed by atoms with Crippen LogP contribution in [0.15, 0.2) is 12.2 Å². The van der Waals surface area contributed by atoms with Crippen LogP contribution in [-0.2, 0) is 0 Å². The molecule has 0 bridgehead atoms. The van der Waals surface area contributed by atoms with Gasteiger partial charge in [-0.2, -0.15) is 13.2 Å². The highest BCUT2D eigenvalue weighted by atomic mass is 19.4. The molecule has 1 unspecified atom stereocenters. The summed E-state index contributed by atoms with van der Waals surface area (Å²) in [6.45, 7) is 10.2. The molecular formula is C13H23F3. The van der Waals surface area contributed by atoms with Gasteiger partial charge in [-0.3, -0.25) is 0 Å². The predicted molar refractivity (Wildman–Crippen MR) is 62.3 cm³/mol. The minimum absolute atomic E-state index is 0.295. The van der Waals surface area contributed by atoms with E-state index < -0.39 is 11.6 Å². The maximum Gasteiger partial charge on any atom is 0.397 e. The third-order valence-corrected chi connectivity index (χ3v) is 3.46. The highest BCUT2D eigenvalue weighted by Gasteiger charge is 2.48. The van der Waals surface area contributed by atoms with Gasteiger partial charge in [0.15, 0.2) is 0 Å². The molecule has 0 nitrogen and oxygen atoms in total. The van der Waals surface area contributed by atoms with Gasteiger partial charge in [-0.25, -0.2) is 0 Å². The average molecular weight is 236 g/mol. The van der Waals surface area contributed by atoms with Crippen LogP contribution in [0.2, 0.25) is 0 Å². The first kappa shape index (κ1) is 15.5. The third kappa shape index (κ3) is 4.18. The Balaban J connectivity index is 4.17. The van der Waals surface area contributed by atoms with Gasteiger partial charge < -0.3 is 0 Å². The smallest absolute Gasteiger partial charge is 0.170 e. The Labute approximate surface area is 96.9 Å². The third-order valence-electron chi connectivity index (χ3n) is 3.46. The molecule has 0 heterocycles. The highest BCUT2D eigenvalue weighted by molar-refractivity contribution is 5.10. The molecule has 96 valence electrons. The lowest BCUT2D eigenvalue weighted by Gasteiger charge is -2.30. The van der Waals surface area contributed by atoms with Gasteiger partial charge >= 0.3 is 6.18 Å². The van der Waals surface area contributed by atoms with Crippen LogP contribution in [0, 0.1) is 11.3 Å². The molecular weight excluding hydrogens is 213 g/mol. The molecule has 0 rings (SSSR count). The number of rotatable bonds is 6. The summed E-state index contributed by atoms with van der Waals surface area (Å²) < 4.78 is 38.0. The molecule has 0 aliphatic rings. The van der Waals surface area contributed by atoms with Crippen LogP contribution in [0.5, 0.6) is 0 Å². The Kier molecular flexibility index (Phi) is 5.57. The number of hydrogen-bond donors (Lipinski definition) is 0. The summed E-state index contributed by atoms with van der Waals surface area (Å²) in [6.07, 6.45) is -0.872. The van der Waals surface area contributed by atoms with Crippen molar-refractivity contribution in [3.63, 3.8) is 0 Å². The van der Waals surface area contributed by atoms with Crippen LogP contribution < -0.4 is 0 Å². The molecule has 0 fully saturated rings. The molecule has 0 aliphatic carbocycles. The number of allylic oxidation sites excluding steroid dienone is 1. The molecule has 0 aromatic rings. The van der Waals surface area contributed by atoms with Crippen molar-refractivity contribution in [1.82, 2.24) is 0 Å². The largest absolute Gasteiger partial charge is 0.397 e. The van der Waals surface area contributed by atoms with Crippen LogP contribution in [-0.4, -0.2) is 6.18 Å². The molecule has 0 aromatic heterocycles. The van der Waals surface area contributed by atoms with Crippen molar-refractivity contribution in [2.45, 2.75) is 59.6 Å². The van der Waals surface area contributed by atoms with Crippen LogP contribution in [0.1, 0.15) is 53.4 Å². The molecule has 3 heteroatoms. The summed E-state index contributed by atoms with van der Waals surface area (Å²) in [4.78, 5) is 0. The fourth-order valence-electron chi connectivity index (χ4n) is 1.38. The van der Waals surface area contributed by atoms with E-state index in [-0.39, 0.29) is 0 Å². The quantitative estimate of drug-likeness (QED) is 0.545. The van der Waals surface area contributed by atoms with Crippen LogP contribution >= 0.6 is 0 Å². The predicted octanol–water partition coefficient (Wildman–Crippen LogP) is 5.35. The van der Waals surface area contributed by atoms with Crippen molar-refractivity contribution >= 4 is 0 Å². The van der Waals surface area contributed by atoms with E-state index in [1.165, 1.54) is 13.8 Å². The number of halogens is 3. The van der Waals surface area contributed by atoms with Crippen molar-refractivity contribution in [3.05, 3.63) is 12.2 Å². The van der Waals surface area contributed by atoms with E-state index >= 15 is 0 Å². The minimum Gasteiger partial charge on any atom is -0.170 e.